The number of benzene rings is 2. The van der Waals surface area contributed by atoms with Crippen LogP contribution in [0.2, 0.25) is 0 Å². The average Bonchev–Trinajstić information content (AvgIpc) is 2.63. The third kappa shape index (κ3) is 7.46. The normalized spacial score (nSPS) is 11.1. The minimum atomic E-state index is -4.27. The Hall–Kier alpha value is -2.28. The molecular weight excluding hydrogens is 426 g/mol. The monoisotopic (exact) mass is 445 g/mol. The molecule has 0 aliphatic heterocycles. The lowest BCUT2D eigenvalue weighted by molar-refractivity contribution is -0.671. The summed E-state index contributed by atoms with van der Waals surface area (Å²) in [5.41, 5.74) is 3.34. The van der Waals surface area contributed by atoms with Crippen molar-refractivity contribution in [1.29, 1.82) is 0 Å². The summed E-state index contributed by atoms with van der Waals surface area (Å²) in [6, 6.07) is 18.2. The van der Waals surface area contributed by atoms with Crippen LogP contribution in [-0.4, -0.2) is 13.0 Å². The first-order valence-electron chi connectivity index (χ1n) is 8.15. The molecule has 0 bridgehead atoms. The maximum atomic E-state index is 10.4. The highest BCUT2D eigenvalue weighted by atomic mass is 79.9. The lowest BCUT2D eigenvalue weighted by Crippen LogP contribution is -2.25. The van der Waals surface area contributed by atoms with Gasteiger partial charge in [-0.05, 0) is 42.3 Å². The van der Waals surface area contributed by atoms with E-state index in [9.17, 15) is 13.0 Å². The molecule has 140 valence electrons. The highest BCUT2D eigenvalue weighted by Crippen LogP contribution is 2.13. The molecule has 0 atom stereocenters. The van der Waals surface area contributed by atoms with Crippen molar-refractivity contribution in [2.45, 2.75) is 11.8 Å². The zero-order valence-corrected chi connectivity index (χ0v) is 17.4. The van der Waals surface area contributed by atoms with Crippen molar-refractivity contribution in [1.82, 2.24) is 0 Å². The molecule has 3 aromatic rings. The summed E-state index contributed by atoms with van der Waals surface area (Å²) in [5, 5.41) is 0. The first-order valence-corrected chi connectivity index (χ1v) is 10.4. The first kappa shape index (κ1) is 21.0. The lowest BCUT2D eigenvalue weighted by atomic mass is 10.1. The van der Waals surface area contributed by atoms with Gasteiger partial charge in [-0.1, -0.05) is 57.9 Å². The van der Waals surface area contributed by atoms with Gasteiger partial charge in [-0.25, -0.2) is 13.0 Å². The van der Waals surface area contributed by atoms with E-state index >= 15 is 0 Å². The summed E-state index contributed by atoms with van der Waals surface area (Å²) in [7, 11) is -2.25. The van der Waals surface area contributed by atoms with Crippen LogP contribution < -0.4 is 4.57 Å². The summed E-state index contributed by atoms with van der Waals surface area (Å²) in [6.07, 6.45) is 8.31. The Morgan fingerprint density at radius 1 is 0.852 bits per heavy atom. The number of hydrogen-bond acceptors (Lipinski definition) is 3. The van der Waals surface area contributed by atoms with E-state index in [4.69, 9.17) is 0 Å². The summed E-state index contributed by atoms with van der Waals surface area (Å²) >= 11 is 3.42. The maximum absolute atomic E-state index is 10.4. The Bertz CT molecular complexity index is 947. The Labute approximate surface area is 168 Å². The van der Waals surface area contributed by atoms with E-state index in [1.54, 1.807) is 12.1 Å². The molecule has 0 fully saturated rings. The van der Waals surface area contributed by atoms with E-state index in [2.05, 4.69) is 52.3 Å². The molecule has 0 saturated carbocycles. The van der Waals surface area contributed by atoms with Crippen LogP contribution in [0.3, 0.4) is 0 Å². The van der Waals surface area contributed by atoms with Gasteiger partial charge in [0.25, 0.3) is 0 Å². The van der Waals surface area contributed by atoms with Gasteiger partial charge in [-0.3, -0.25) is 0 Å². The minimum Gasteiger partial charge on any atom is -0.744 e. The van der Waals surface area contributed by atoms with Gasteiger partial charge in [0.2, 0.25) is 0 Å². The summed E-state index contributed by atoms with van der Waals surface area (Å²) in [4.78, 5) is -0.178. The zero-order chi connectivity index (χ0) is 19.9. The number of pyridine rings is 1. The molecule has 2 aromatic carbocycles. The number of aryl methyl sites for hydroxylation is 2. The quantitative estimate of drug-likeness (QED) is 0.444. The molecule has 0 radical (unpaired) electrons. The van der Waals surface area contributed by atoms with E-state index in [1.165, 1.54) is 23.3 Å². The van der Waals surface area contributed by atoms with Gasteiger partial charge in [0.1, 0.15) is 17.2 Å². The molecule has 0 aliphatic rings. The topological polar surface area (TPSA) is 61.1 Å². The van der Waals surface area contributed by atoms with E-state index in [0.717, 1.165) is 10.0 Å². The number of halogens is 1. The van der Waals surface area contributed by atoms with Crippen LogP contribution in [0.4, 0.5) is 0 Å². The molecule has 6 heteroatoms. The highest BCUT2D eigenvalue weighted by Gasteiger charge is 1.97. The van der Waals surface area contributed by atoms with Gasteiger partial charge >= 0.3 is 0 Å². The van der Waals surface area contributed by atoms with Crippen LogP contribution in [0.15, 0.2) is 82.4 Å². The molecule has 0 amide bonds. The molecule has 0 aliphatic carbocycles. The van der Waals surface area contributed by atoms with Crippen LogP contribution >= 0.6 is 15.9 Å². The van der Waals surface area contributed by atoms with Gasteiger partial charge in [-0.2, -0.15) is 0 Å². The zero-order valence-electron chi connectivity index (χ0n) is 15.0. The van der Waals surface area contributed by atoms with Gasteiger partial charge in [0.05, 0.1) is 4.90 Å². The predicted molar refractivity (Wildman–Crippen MR) is 110 cm³/mol. The van der Waals surface area contributed by atoms with Crippen molar-refractivity contribution in [3.63, 3.8) is 0 Å². The molecule has 0 unspecified atom stereocenters. The molecule has 3 rings (SSSR count). The van der Waals surface area contributed by atoms with E-state index in [-0.39, 0.29) is 4.90 Å². The third-order valence-electron chi connectivity index (χ3n) is 3.65. The molecular formula is C21H20BrNO3S. The van der Waals surface area contributed by atoms with Crippen molar-refractivity contribution in [3.8, 4) is 0 Å². The number of nitrogens with zero attached hydrogens (tertiary/aromatic N) is 1. The minimum absolute atomic E-state index is 0.178. The van der Waals surface area contributed by atoms with Crippen LogP contribution in [-0.2, 0) is 17.2 Å². The van der Waals surface area contributed by atoms with Crippen molar-refractivity contribution < 1.29 is 17.5 Å². The lowest BCUT2D eigenvalue weighted by Gasteiger charge is -2.05. The standard InChI is InChI=1S/C14H13BrN.C7H8O3S/c1-16-10-8-13(9-11-16)3-2-12-4-6-14(15)7-5-12;1-6-2-4-7(5-3-6)11(8,9)10/h2-11H,1H3;2-5H,1H3,(H,8,9,10)/q+1;/p-1/b3-2+;. The molecule has 0 N–H and O–H groups in total. The largest absolute Gasteiger partial charge is 0.744 e. The Morgan fingerprint density at radius 3 is 1.81 bits per heavy atom. The summed E-state index contributed by atoms with van der Waals surface area (Å²) < 4.78 is 34.3. The molecule has 1 heterocycles. The molecule has 0 saturated heterocycles. The number of aromatic nitrogens is 1. The average molecular weight is 446 g/mol. The molecule has 27 heavy (non-hydrogen) atoms. The van der Waals surface area contributed by atoms with E-state index in [0.29, 0.717) is 0 Å². The van der Waals surface area contributed by atoms with Gasteiger partial charge in [0.15, 0.2) is 12.4 Å². The first-order chi connectivity index (χ1) is 12.7. The second-order valence-electron chi connectivity index (χ2n) is 5.95. The van der Waals surface area contributed by atoms with E-state index in [1.807, 2.05) is 43.1 Å². The van der Waals surface area contributed by atoms with Crippen LogP contribution in [0.1, 0.15) is 16.7 Å². The van der Waals surface area contributed by atoms with Crippen LogP contribution in [0.5, 0.6) is 0 Å². The fourth-order valence-corrected chi connectivity index (χ4v) is 2.83. The molecule has 1 aromatic heterocycles. The summed E-state index contributed by atoms with van der Waals surface area (Å²) in [6.45, 7) is 1.82. The third-order valence-corrected chi connectivity index (χ3v) is 5.03. The fourth-order valence-electron chi connectivity index (χ4n) is 2.09. The number of hydrogen-bond donors (Lipinski definition) is 0. The maximum Gasteiger partial charge on any atom is 0.169 e. The second kappa shape index (κ2) is 9.60. The van der Waals surface area contributed by atoms with Crippen LogP contribution in [0, 0.1) is 6.92 Å². The van der Waals surface area contributed by atoms with Crippen molar-refractivity contribution in [2.24, 2.45) is 7.05 Å². The van der Waals surface area contributed by atoms with Gasteiger partial charge in [-0.15, -0.1) is 0 Å². The highest BCUT2D eigenvalue weighted by molar-refractivity contribution is 9.10. The fraction of sp³-hybridized carbons (Fsp3) is 0.0952. The van der Waals surface area contributed by atoms with Crippen molar-refractivity contribution >= 4 is 38.2 Å². The molecule has 0 spiro atoms. The second-order valence-corrected chi connectivity index (χ2v) is 8.24. The SMILES string of the molecule is C[n+]1ccc(/C=C/c2ccc(Br)cc2)cc1.Cc1ccc(S(=O)(=O)[O-])cc1. The Balaban J connectivity index is 0.000000208. The smallest absolute Gasteiger partial charge is 0.169 e. The number of rotatable bonds is 3. The van der Waals surface area contributed by atoms with E-state index < -0.39 is 10.1 Å². The van der Waals surface area contributed by atoms with Crippen LogP contribution in [0.25, 0.3) is 12.2 Å². The summed E-state index contributed by atoms with van der Waals surface area (Å²) in [5.74, 6) is 0. The molecule has 4 nitrogen and oxygen atoms in total. The van der Waals surface area contributed by atoms with Crippen molar-refractivity contribution in [2.75, 3.05) is 0 Å². The Kier molecular flexibility index (Phi) is 7.47. The van der Waals surface area contributed by atoms with Gasteiger partial charge in [0, 0.05) is 16.6 Å². The Morgan fingerprint density at radius 2 is 1.33 bits per heavy atom. The van der Waals surface area contributed by atoms with Gasteiger partial charge < -0.3 is 4.55 Å². The predicted octanol–water partition coefficient (Wildman–Crippen LogP) is 4.34. The van der Waals surface area contributed by atoms with Crippen molar-refractivity contribution in [3.05, 3.63) is 94.2 Å².